The molecule has 0 aliphatic heterocycles. The molecule has 2 aromatic heterocycles. The van der Waals surface area contributed by atoms with E-state index in [4.69, 9.17) is 5.10 Å². The molecule has 0 bridgehead atoms. The van der Waals surface area contributed by atoms with Crippen LogP contribution in [-0.4, -0.2) is 26.0 Å². The molecule has 20 heavy (non-hydrogen) atoms. The van der Waals surface area contributed by atoms with Crippen LogP contribution in [0, 0.1) is 0 Å². The number of hydrogen-bond acceptors (Lipinski definition) is 4. The maximum atomic E-state index is 4.81. The van der Waals surface area contributed by atoms with E-state index in [-0.39, 0.29) is 0 Å². The summed E-state index contributed by atoms with van der Waals surface area (Å²) in [4.78, 5) is 8.79. The Bertz CT molecular complexity index is 776. The standard InChI is InChI=1S/C15H14N4S/c1-20-15-16-9-8-13(17-15)19-12-5-3-2-4-11(12)14(18-19)10-6-7-10/h2-5,8-10H,6-7H2,1H3. The normalized spacial score (nSPS) is 14.8. The third-order valence-electron chi connectivity index (χ3n) is 3.60. The topological polar surface area (TPSA) is 43.6 Å². The summed E-state index contributed by atoms with van der Waals surface area (Å²) in [6.45, 7) is 0. The predicted octanol–water partition coefficient (Wildman–Crippen LogP) is 3.41. The predicted molar refractivity (Wildman–Crippen MR) is 80.4 cm³/mol. The van der Waals surface area contributed by atoms with E-state index in [0.717, 1.165) is 16.5 Å². The number of nitrogens with zero attached hydrogens (tertiary/aromatic N) is 4. The van der Waals surface area contributed by atoms with E-state index in [1.807, 2.05) is 23.1 Å². The molecule has 100 valence electrons. The summed E-state index contributed by atoms with van der Waals surface area (Å²) in [6.07, 6.45) is 6.28. The van der Waals surface area contributed by atoms with Crippen molar-refractivity contribution >= 4 is 22.7 Å². The minimum absolute atomic E-state index is 0.628. The highest BCUT2D eigenvalue weighted by Crippen LogP contribution is 2.42. The van der Waals surface area contributed by atoms with Gasteiger partial charge in [0.2, 0.25) is 0 Å². The van der Waals surface area contributed by atoms with Crippen LogP contribution >= 0.6 is 11.8 Å². The first-order valence-electron chi connectivity index (χ1n) is 6.72. The van der Waals surface area contributed by atoms with E-state index >= 15 is 0 Å². The Morgan fingerprint density at radius 2 is 2.05 bits per heavy atom. The molecule has 1 aliphatic rings. The Hall–Kier alpha value is -1.88. The van der Waals surface area contributed by atoms with Crippen LogP contribution < -0.4 is 0 Å². The van der Waals surface area contributed by atoms with Gasteiger partial charge in [0.15, 0.2) is 11.0 Å². The summed E-state index contributed by atoms with van der Waals surface area (Å²) >= 11 is 1.55. The molecule has 0 unspecified atom stereocenters. The zero-order valence-electron chi connectivity index (χ0n) is 11.2. The lowest BCUT2D eigenvalue weighted by atomic mass is 10.1. The van der Waals surface area contributed by atoms with Gasteiger partial charge < -0.3 is 0 Å². The Labute approximate surface area is 121 Å². The second kappa shape index (κ2) is 4.59. The number of thioether (sulfide) groups is 1. The van der Waals surface area contributed by atoms with Gasteiger partial charge in [0.05, 0.1) is 11.2 Å². The van der Waals surface area contributed by atoms with Crippen LogP contribution in [-0.2, 0) is 0 Å². The van der Waals surface area contributed by atoms with Gasteiger partial charge in [-0.15, -0.1) is 0 Å². The van der Waals surface area contributed by atoms with Gasteiger partial charge in [-0.05, 0) is 25.2 Å². The lowest BCUT2D eigenvalue weighted by molar-refractivity contribution is 0.802. The molecule has 0 radical (unpaired) electrons. The molecule has 4 rings (SSSR count). The number of hydrogen-bond donors (Lipinski definition) is 0. The van der Waals surface area contributed by atoms with Crippen LogP contribution in [0.25, 0.3) is 16.7 Å². The van der Waals surface area contributed by atoms with Crippen molar-refractivity contribution in [3.63, 3.8) is 0 Å². The molecule has 2 heterocycles. The first kappa shape index (κ1) is 11.9. The Kier molecular flexibility index (Phi) is 2.73. The number of benzene rings is 1. The molecule has 4 nitrogen and oxygen atoms in total. The second-order valence-corrected chi connectivity index (χ2v) is 5.76. The quantitative estimate of drug-likeness (QED) is 0.545. The van der Waals surface area contributed by atoms with Crippen molar-refractivity contribution in [1.82, 2.24) is 19.7 Å². The van der Waals surface area contributed by atoms with Crippen molar-refractivity contribution in [3.8, 4) is 5.82 Å². The van der Waals surface area contributed by atoms with Crippen LogP contribution in [0.1, 0.15) is 24.5 Å². The highest BCUT2D eigenvalue weighted by atomic mass is 32.2. The van der Waals surface area contributed by atoms with Crippen molar-refractivity contribution < 1.29 is 0 Å². The van der Waals surface area contributed by atoms with Crippen LogP contribution in [0.4, 0.5) is 0 Å². The fourth-order valence-electron chi connectivity index (χ4n) is 2.47. The van der Waals surface area contributed by atoms with E-state index in [1.54, 1.807) is 18.0 Å². The number of para-hydroxylation sites is 1. The average molecular weight is 282 g/mol. The van der Waals surface area contributed by atoms with Gasteiger partial charge in [-0.3, -0.25) is 0 Å². The molecular formula is C15H14N4S. The summed E-state index contributed by atoms with van der Waals surface area (Å²) in [6, 6.07) is 10.3. The highest BCUT2D eigenvalue weighted by molar-refractivity contribution is 7.98. The fraction of sp³-hybridized carbons (Fsp3) is 0.267. The van der Waals surface area contributed by atoms with Crippen LogP contribution in [0.5, 0.6) is 0 Å². The van der Waals surface area contributed by atoms with E-state index in [2.05, 4.69) is 28.2 Å². The van der Waals surface area contributed by atoms with Crippen molar-refractivity contribution in [3.05, 3.63) is 42.2 Å². The molecule has 0 amide bonds. The number of fused-ring (bicyclic) bond motifs is 1. The highest BCUT2D eigenvalue weighted by Gasteiger charge is 2.29. The fourth-order valence-corrected chi connectivity index (χ4v) is 2.82. The zero-order valence-corrected chi connectivity index (χ0v) is 12.0. The SMILES string of the molecule is CSc1nccc(-n2nc(C3CC3)c3ccccc32)n1. The van der Waals surface area contributed by atoms with E-state index < -0.39 is 0 Å². The molecule has 1 fully saturated rings. The molecule has 3 aromatic rings. The van der Waals surface area contributed by atoms with Gasteiger partial charge in [0.25, 0.3) is 0 Å². The van der Waals surface area contributed by atoms with Gasteiger partial charge >= 0.3 is 0 Å². The maximum Gasteiger partial charge on any atom is 0.189 e. The summed E-state index contributed by atoms with van der Waals surface area (Å²) < 4.78 is 1.95. The van der Waals surface area contributed by atoms with Gasteiger partial charge in [-0.2, -0.15) is 5.10 Å². The molecule has 0 N–H and O–H groups in total. The van der Waals surface area contributed by atoms with Crippen molar-refractivity contribution in [1.29, 1.82) is 0 Å². The Morgan fingerprint density at radius 1 is 1.20 bits per heavy atom. The van der Waals surface area contributed by atoms with Gasteiger partial charge in [-0.25, -0.2) is 14.6 Å². The third-order valence-corrected chi connectivity index (χ3v) is 4.16. The summed E-state index contributed by atoms with van der Waals surface area (Å²) in [5.41, 5.74) is 2.34. The van der Waals surface area contributed by atoms with Crippen LogP contribution in [0.2, 0.25) is 0 Å². The average Bonchev–Trinajstić information content (AvgIpc) is 3.28. The van der Waals surface area contributed by atoms with Crippen molar-refractivity contribution in [2.24, 2.45) is 0 Å². The summed E-state index contributed by atoms with van der Waals surface area (Å²) in [7, 11) is 0. The summed E-state index contributed by atoms with van der Waals surface area (Å²) in [5.74, 6) is 1.47. The van der Waals surface area contributed by atoms with Crippen molar-refractivity contribution in [2.75, 3.05) is 6.26 Å². The number of aromatic nitrogens is 4. The Balaban J connectivity index is 1.94. The minimum Gasteiger partial charge on any atom is -0.231 e. The lowest BCUT2D eigenvalue weighted by Gasteiger charge is -2.03. The lowest BCUT2D eigenvalue weighted by Crippen LogP contribution is -2.01. The van der Waals surface area contributed by atoms with Gasteiger partial charge in [-0.1, -0.05) is 30.0 Å². The van der Waals surface area contributed by atoms with E-state index in [9.17, 15) is 0 Å². The van der Waals surface area contributed by atoms with Crippen molar-refractivity contribution in [2.45, 2.75) is 23.9 Å². The first-order chi connectivity index (χ1) is 9.86. The molecule has 1 saturated carbocycles. The molecular weight excluding hydrogens is 268 g/mol. The third kappa shape index (κ3) is 1.89. The molecule has 1 aromatic carbocycles. The van der Waals surface area contributed by atoms with Crippen LogP contribution in [0.15, 0.2) is 41.7 Å². The van der Waals surface area contributed by atoms with E-state index in [1.165, 1.54) is 23.9 Å². The minimum atomic E-state index is 0.628. The summed E-state index contributed by atoms with van der Waals surface area (Å²) in [5, 5.41) is 6.84. The van der Waals surface area contributed by atoms with Gasteiger partial charge in [0.1, 0.15) is 0 Å². The molecule has 5 heteroatoms. The number of rotatable bonds is 3. The molecule has 1 aliphatic carbocycles. The molecule has 0 atom stereocenters. The molecule has 0 saturated heterocycles. The zero-order chi connectivity index (χ0) is 13.5. The van der Waals surface area contributed by atoms with Crippen LogP contribution in [0.3, 0.4) is 0 Å². The Morgan fingerprint density at radius 3 is 2.85 bits per heavy atom. The maximum absolute atomic E-state index is 4.81. The smallest absolute Gasteiger partial charge is 0.189 e. The van der Waals surface area contributed by atoms with Gasteiger partial charge in [0, 0.05) is 23.6 Å². The second-order valence-electron chi connectivity index (χ2n) is 4.99. The first-order valence-corrected chi connectivity index (χ1v) is 7.94. The molecule has 0 spiro atoms. The largest absolute Gasteiger partial charge is 0.231 e. The van der Waals surface area contributed by atoms with E-state index in [0.29, 0.717) is 5.92 Å². The monoisotopic (exact) mass is 282 g/mol.